The molecule has 4 aromatic carbocycles. The van der Waals surface area contributed by atoms with Crippen molar-refractivity contribution in [3.05, 3.63) is 141 Å². The van der Waals surface area contributed by atoms with Gasteiger partial charge in [0.1, 0.15) is 11.6 Å². The maximum absolute atomic E-state index is 14.6. The summed E-state index contributed by atoms with van der Waals surface area (Å²) in [6, 6.07) is 16.4. The van der Waals surface area contributed by atoms with Crippen LogP contribution in [0, 0.1) is 23.3 Å². The van der Waals surface area contributed by atoms with E-state index in [-0.39, 0.29) is 41.6 Å². The van der Waals surface area contributed by atoms with Gasteiger partial charge in [-0.3, -0.25) is 0 Å². The first-order valence-corrected chi connectivity index (χ1v) is 16.8. The van der Waals surface area contributed by atoms with E-state index < -0.39 is 17.9 Å². The Balaban J connectivity index is 0.000000200. The molecule has 2 nitrogen and oxygen atoms in total. The number of hydrogen-bond acceptors (Lipinski definition) is 2. The highest BCUT2D eigenvalue weighted by atomic mass is 19.4. The maximum atomic E-state index is 14.6. The summed E-state index contributed by atoms with van der Waals surface area (Å²) in [4.78, 5) is 0. The van der Waals surface area contributed by atoms with Crippen molar-refractivity contribution in [2.24, 2.45) is 0 Å². The summed E-state index contributed by atoms with van der Waals surface area (Å²) in [5, 5.41) is 0. The maximum Gasteiger partial charge on any atom is 0.573 e. The monoisotopic (exact) mass is 696 g/mol. The van der Waals surface area contributed by atoms with Crippen molar-refractivity contribution in [1.82, 2.24) is 0 Å². The summed E-state index contributed by atoms with van der Waals surface area (Å²) in [5.74, 6) is -2.45. The van der Waals surface area contributed by atoms with Crippen molar-refractivity contribution in [2.75, 3.05) is 7.11 Å². The number of halogens is 7. The minimum absolute atomic E-state index is 0.0866. The second-order valence-corrected chi connectivity index (χ2v) is 12.4. The van der Waals surface area contributed by atoms with E-state index in [4.69, 9.17) is 4.74 Å². The largest absolute Gasteiger partial charge is 0.573 e. The van der Waals surface area contributed by atoms with E-state index in [1.165, 1.54) is 19.2 Å². The van der Waals surface area contributed by atoms with Crippen LogP contribution < -0.4 is 9.47 Å². The van der Waals surface area contributed by atoms with Gasteiger partial charge >= 0.3 is 6.36 Å². The lowest BCUT2D eigenvalue weighted by atomic mass is 9.87. The van der Waals surface area contributed by atoms with Crippen molar-refractivity contribution in [2.45, 2.75) is 78.0 Å². The summed E-state index contributed by atoms with van der Waals surface area (Å²) in [6.45, 7) is 4.11. The van der Waals surface area contributed by atoms with E-state index in [0.717, 1.165) is 60.4 Å². The first kappa shape index (κ1) is 36.7. The number of unbranched alkanes of at least 4 members (excludes halogenated alkanes) is 2. The normalized spacial score (nSPS) is 13.7. The average Bonchev–Trinajstić information content (AvgIpc) is 3.09. The fraction of sp³-hybridized carbons (Fsp3) is 0.317. The Hall–Kier alpha value is -4.53. The van der Waals surface area contributed by atoms with Gasteiger partial charge in [-0.05, 0) is 114 Å². The van der Waals surface area contributed by atoms with Crippen molar-refractivity contribution >= 4 is 11.1 Å². The fourth-order valence-electron chi connectivity index (χ4n) is 6.42. The van der Waals surface area contributed by atoms with Gasteiger partial charge in [0.25, 0.3) is 0 Å². The average molecular weight is 697 g/mol. The van der Waals surface area contributed by atoms with Crippen LogP contribution in [0.15, 0.2) is 72.8 Å². The van der Waals surface area contributed by atoms with E-state index >= 15 is 0 Å². The lowest BCUT2D eigenvalue weighted by Crippen LogP contribution is -2.19. The van der Waals surface area contributed by atoms with Gasteiger partial charge in [0.05, 0.1) is 7.11 Å². The molecule has 2 aliphatic carbocycles. The van der Waals surface area contributed by atoms with E-state index in [2.05, 4.69) is 11.7 Å². The number of aryl methyl sites for hydroxylation is 2. The van der Waals surface area contributed by atoms with Crippen LogP contribution in [0.25, 0.3) is 11.1 Å². The summed E-state index contributed by atoms with van der Waals surface area (Å²) in [6.07, 6.45) is 4.79. The predicted octanol–water partition coefficient (Wildman–Crippen LogP) is 11.5. The Morgan fingerprint density at radius 3 is 1.66 bits per heavy atom. The molecule has 9 heteroatoms. The molecule has 6 rings (SSSR count). The van der Waals surface area contributed by atoms with Crippen LogP contribution in [0.2, 0.25) is 0 Å². The Bertz CT molecular complexity index is 1910. The minimum Gasteiger partial charge on any atom is -0.494 e. The van der Waals surface area contributed by atoms with Crippen molar-refractivity contribution < 1.29 is 40.2 Å². The van der Waals surface area contributed by atoms with Gasteiger partial charge in [0.15, 0.2) is 23.1 Å². The third kappa shape index (κ3) is 8.60. The number of alkyl halides is 3. The summed E-state index contributed by atoms with van der Waals surface area (Å²) in [7, 11) is 1.46. The van der Waals surface area contributed by atoms with Gasteiger partial charge in [-0.25, -0.2) is 17.6 Å². The van der Waals surface area contributed by atoms with Crippen LogP contribution in [0.4, 0.5) is 30.7 Å². The molecular weight excluding hydrogens is 657 g/mol. The van der Waals surface area contributed by atoms with E-state index in [1.807, 2.05) is 37.3 Å². The number of hydrogen-bond donors (Lipinski definition) is 0. The molecule has 0 spiro atoms. The van der Waals surface area contributed by atoms with E-state index in [9.17, 15) is 30.7 Å². The number of methoxy groups -OCH3 is 1. The van der Waals surface area contributed by atoms with Crippen LogP contribution in [0.5, 0.6) is 11.5 Å². The summed E-state index contributed by atoms with van der Waals surface area (Å²) >= 11 is 0. The Labute approximate surface area is 288 Å². The third-order valence-electron chi connectivity index (χ3n) is 9.16. The van der Waals surface area contributed by atoms with Crippen LogP contribution >= 0.6 is 0 Å². The molecular formula is C41H39F7O2. The first-order valence-electron chi connectivity index (χ1n) is 16.8. The number of allylic oxidation sites excluding steroid dienone is 4. The zero-order valence-electron chi connectivity index (χ0n) is 28.3. The van der Waals surface area contributed by atoms with Crippen LogP contribution in [0.3, 0.4) is 0 Å². The Morgan fingerprint density at radius 2 is 1.16 bits per heavy atom. The molecule has 0 unspecified atom stereocenters. The van der Waals surface area contributed by atoms with Gasteiger partial charge in [-0.2, -0.15) is 0 Å². The number of rotatable bonds is 9. The molecule has 2 aliphatic rings. The van der Waals surface area contributed by atoms with Gasteiger partial charge in [-0.1, -0.05) is 75.2 Å². The molecule has 264 valence electrons. The van der Waals surface area contributed by atoms with Crippen LogP contribution in [-0.2, 0) is 38.5 Å². The van der Waals surface area contributed by atoms with Gasteiger partial charge in [0.2, 0.25) is 0 Å². The predicted molar refractivity (Wildman–Crippen MR) is 182 cm³/mol. The second kappa shape index (κ2) is 16.0. The molecule has 0 fully saturated rings. The molecule has 0 N–H and O–H groups in total. The number of fused-ring (bicyclic) bond motifs is 2. The SMILES string of the molecule is CCCCCc1ccc(C2=CCc3c(ccc(OC(F)(F)F)c3F)C2)c(F)c1.CCc1ccc(C2=CCc3c(ccc(OC)c3F)C2)c(F)c1. The van der Waals surface area contributed by atoms with Gasteiger partial charge in [0, 0.05) is 11.1 Å². The molecule has 4 aromatic rings. The molecule has 0 heterocycles. The highest BCUT2D eigenvalue weighted by Crippen LogP contribution is 2.36. The summed E-state index contributed by atoms with van der Waals surface area (Å²) in [5.41, 5.74) is 6.83. The molecule has 0 saturated carbocycles. The van der Waals surface area contributed by atoms with Gasteiger partial charge in [-0.15, -0.1) is 13.2 Å². The van der Waals surface area contributed by atoms with Gasteiger partial charge < -0.3 is 9.47 Å². The zero-order chi connectivity index (χ0) is 36.0. The fourth-order valence-corrected chi connectivity index (χ4v) is 6.42. The number of ether oxygens (including phenoxy) is 2. The minimum atomic E-state index is -4.95. The Morgan fingerprint density at radius 1 is 0.640 bits per heavy atom. The van der Waals surface area contributed by atoms with Crippen molar-refractivity contribution in [3.63, 3.8) is 0 Å². The number of benzene rings is 4. The zero-order valence-corrected chi connectivity index (χ0v) is 28.3. The van der Waals surface area contributed by atoms with E-state index in [0.29, 0.717) is 40.7 Å². The molecule has 0 saturated heterocycles. The molecule has 0 aliphatic heterocycles. The highest BCUT2D eigenvalue weighted by Gasteiger charge is 2.33. The van der Waals surface area contributed by atoms with Crippen molar-refractivity contribution in [1.29, 1.82) is 0 Å². The quantitative estimate of drug-likeness (QED) is 0.128. The molecule has 0 radical (unpaired) electrons. The second-order valence-electron chi connectivity index (χ2n) is 12.4. The molecule has 50 heavy (non-hydrogen) atoms. The lowest BCUT2D eigenvalue weighted by molar-refractivity contribution is -0.275. The van der Waals surface area contributed by atoms with Crippen LogP contribution in [0.1, 0.15) is 77.6 Å². The highest BCUT2D eigenvalue weighted by molar-refractivity contribution is 5.72. The molecule has 0 atom stereocenters. The smallest absolute Gasteiger partial charge is 0.494 e. The lowest BCUT2D eigenvalue weighted by Gasteiger charge is -2.20. The topological polar surface area (TPSA) is 18.5 Å². The van der Waals surface area contributed by atoms with Crippen molar-refractivity contribution in [3.8, 4) is 11.5 Å². The Kier molecular flexibility index (Phi) is 11.8. The molecule has 0 amide bonds. The molecule has 0 bridgehead atoms. The molecule has 0 aromatic heterocycles. The summed E-state index contributed by atoms with van der Waals surface area (Å²) < 4.78 is 103. The van der Waals surface area contributed by atoms with E-state index in [1.54, 1.807) is 24.3 Å². The van der Waals surface area contributed by atoms with Crippen LogP contribution in [-0.4, -0.2) is 13.5 Å². The first-order chi connectivity index (χ1) is 23.9. The third-order valence-corrected chi connectivity index (χ3v) is 9.16. The standard InChI is InChI=1S/C22H21F5O.C19H18F2O/c1-2-3-4-5-14-6-9-17(19(23)12-14)15-7-10-18-16(13-15)8-11-20(21(18)24)28-22(25,26)27;1-3-12-4-7-15(17(20)10-12)13-5-8-16-14(11-13)6-9-18(22-2)19(16)21/h6-9,11-12H,2-5,10,13H2,1H3;4-7,9-10H,3,8,11H2,1-2H3.